The van der Waals surface area contributed by atoms with Gasteiger partial charge in [-0.2, -0.15) is 0 Å². The van der Waals surface area contributed by atoms with Crippen LogP contribution in [0.2, 0.25) is 0 Å². The molecule has 66 valence electrons. The maximum atomic E-state index is 10.1. The zero-order valence-electron chi connectivity index (χ0n) is 5.93. The Kier molecular flexibility index (Phi) is 3.78. The Morgan fingerprint density at radius 2 is 2.18 bits per heavy atom. The second-order valence-electron chi connectivity index (χ2n) is 2.73. The molecule has 1 aliphatic rings. The van der Waals surface area contributed by atoms with Crippen LogP contribution < -0.4 is 5.73 Å². The molecule has 0 aromatic carbocycles. The summed E-state index contributed by atoms with van der Waals surface area (Å²) in [4.78, 5) is 10.1. The topological polar surface area (TPSA) is 83.5 Å². The molecule has 0 aromatic heterocycles. The van der Waals surface area contributed by atoms with Gasteiger partial charge in [-0.3, -0.25) is 4.79 Å². The molecule has 3 atom stereocenters. The zero-order valence-corrected chi connectivity index (χ0v) is 6.75. The highest BCUT2D eigenvalue weighted by Crippen LogP contribution is 2.28. The molecule has 11 heavy (non-hydrogen) atoms. The third-order valence-corrected chi connectivity index (χ3v) is 1.97. The number of rotatable bonds is 2. The molecular formula is C6H12ClNO3. The predicted molar refractivity (Wildman–Crippen MR) is 41.6 cm³/mol. The molecule has 0 bridgehead atoms. The number of hydrogen-bond acceptors (Lipinski definition) is 3. The van der Waals surface area contributed by atoms with E-state index in [2.05, 4.69) is 0 Å². The van der Waals surface area contributed by atoms with Gasteiger partial charge >= 0.3 is 5.97 Å². The summed E-state index contributed by atoms with van der Waals surface area (Å²) in [5.41, 5.74) is 5.44. The van der Waals surface area contributed by atoms with E-state index in [0.29, 0.717) is 6.42 Å². The van der Waals surface area contributed by atoms with Crippen LogP contribution >= 0.6 is 12.4 Å². The molecule has 5 heteroatoms. The lowest BCUT2D eigenvalue weighted by Gasteiger charge is -2.38. The Balaban J connectivity index is 0.000001000. The summed E-state index contributed by atoms with van der Waals surface area (Å²) in [5.74, 6) is -1.11. The number of aliphatic carboxylic acids is 1. The summed E-state index contributed by atoms with van der Waals surface area (Å²) >= 11 is 0. The highest BCUT2D eigenvalue weighted by molar-refractivity contribution is 5.85. The molecule has 0 heterocycles. The van der Waals surface area contributed by atoms with Crippen LogP contribution in [0.1, 0.15) is 12.8 Å². The Hall–Kier alpha value is -0.320. The van der Waals surface area contributed by atoms with Crippen LogP contribution in [0.5, 0.6) is 0 Å². The SMILES string of the molecule is Cl.N[C@@H]1C[C@H](O)[C@H]1CC(=O)O. The van der Waals surface area contributed by atoms with Gasteiger partial charge in [-0.05, 0) is 6.42 Å². The first-order chi connectivity index (χ1) is 4.61. The fourth-order valence-corrected chi connectivity index (χ4v) is 1.21. The lowest BCUT2D eigenvalue weighted by atomic mass is 9.75. The molecule has 4 nitrogen and oxygen atoms in total. The fourth-order valence-electron chi connectivity index (χ4n) is 1.21. The predicted octanol–water partition coefficient (Wildman–Crippen LogP) is -0.409. The van der Waals surface area contributed by atoms with Crippen molar-refractivity contribution < 1.29 is 15.0 Å². The maximum absolute atomic E-state index is 10.1. The molecule has 0 saturated heterocycles. The zero-order chi connectivity index (χ0) is 7.72. The van der Waals surface area contributed by atoms with E-state index in [1.54, 1.807) is 0 Å². The van der Waals surface area contributed by atoms with Crippen LogP contribution in [-0.2, 0) is 4.79 Å². The van der Waals surface area contributed by atoms with Gasteiger partial charge in [0.2, 0.25) is 0 Å². The number of carboxylic acid groups (broad SMARTS) is 1. The minimum Gasteiger partial charge on any atom is -0.481 e. The van der Waals surface area contributed by atoms with E-state index in [1.807, 2.05) is 0 Å². The Morgan fingerprint density at radius 3 is 2.36 bits per heavy atom. The van der Waals surface area contributed by atoms with Crippen molar-refractivity contribution in [1.29, 1.82) is 0 Å². The maximum Gasteiger partial charge on any atom is 0.303 e. The Morgan fingerprint density at radius 1 is 1.64 bits per heavy atom. The van der Waals surface area contributed by atoms with E-state index in [4.69, 9.17) is 15.9 Å². The van der Waals surface area contributed by atoms with E-state index in [9.17, 15) is 4.79 Å². The number of hydrogen-bond donors (Lipinski definition) is 3. The third-order valence-electron chi connectivity index (χ3n) is 1.97. The Labute approximate surface area is 70.8 Å². The summed E-state index contributed by atoms with van der Waals surface area (Å²) in [5, 5.41) is 17.3. The van der Waals surface area contributed by atoms with Crippen LogP contribution in [0.4, 0.5) is 0 Å². The second kappa shape index (κ2) is 3.90. The molecule has 0 aliphatic heterocycles. The van der Waals surface area contributed by atoms with E-state index in [1.165, 1.54) is 0 Å². The van der Waals surface area contributed by atoms with Crippen molar-refractivity contribution in [3.05, 3.63) is 0 Å². The van der Waals surface area contributed by atoms with E-state index in [-0.39, 0.29) is 30.8 Å². The van der Waals surface area contributed by atoms with Crippen LogP contribution in [0.3, 0.4) is 0 Å². The summed E-state index contributed by atoms with van der Waals surface area (Å²) < 4.78 is 0. The number of aliphatic hydroxyl groups is 1. The second-order valence-corrected chi connectivity index (χ2v) is 2.73. The molecule has 0 amide bonds. The summed E-state index contributed by atoms with van der Waals surface area (Å²) in [6, 6.07) is -0.119. The van der Waals surface area contributed by atoms with Crippen LogP contribution in [0.25, 0.3) is 0 Å². The molecule has 0 unspecified atom stereocenters. The average Bonchev–Trinajstić information content (AvgIpc) is 1.84. The van der Waals surface area contributed by atoms with Crippen LogP contribution in [-0.4, -0.2) is 28.3 Å². The van der Waals surface area contributed by atoms with Crippen LogP contribution in [0, 0.1) is 5.92 Å². The number of halogens is 1. The van der Waals surface area contributed by atoms with Crippen LogP contribution in [0.15, 0.2) is 0 Å². The molecule has 1 saturated carbocycles. The number of nitrogens with two attached hydrogens (primary N) is 1. The summed E-state index contributed by atoms with van der Waals surface area (Å²) in [6.07, 6.45) is 0.0337. The standard InChI is InChI=1S/C6H11NO3.ClH/c7-4-2-5(8)3(4)1-6(9)10;/h3-5,8H,1-2,7H2,(H,9,10);1H/t3-,4+,5-;/m0./s1. The molecule has 1 aliphatic carbocycles. The lowest BCUT2D eigenvalue weighted by molar-refractivity contribution is -0.141. The van der Waals surface area contributed by atoms with Gasteiger partial charge < -0.3 is 15.9 Å². The molecule has 1 rings (SSSR count). The largest absolute Gasteiger partial charge is 0.481 e. The number of carbonyl (C=O) groups is 1. The third kappa shape index (κ3) is 2.32. The highest BCUT2D eigenvalue weighted by Gasteiger charge is 2.38. The first-order valence-corrected chi connectivity index (χ1v) is 3.26. The van der Waals surface area contributed by atoms with E-state index >= 15 is 0 Å². The van der Waals surface area contributed by atoms with Gasteiger partial charge in [0, 0.05) is 12.0 Å². The Bertz CT molecular complexity index is 145. The normalized spacial score (nSPS) is 35.3. The average molecular weight is 182 g/mol. The van der Waals surface area contributed by atoms with Crippen molar-refractivity contribution in [3.8, 4) is 0 Å². The van der Waals surface area contributed by atoms with Crippen molar-refractivity contribution >= 4 is 18.4 Å². The van der Waals surface area contributed by atoms with Gasteiger partial charge in [0.25, 0.3) is 0 Å². The van der Waals surface area contributed by atoms with Gasteiger partial charge in [-0.25, -0.2) is 0 Å². The van der Waals surface area contributed by atoms with Gasteiger partial charge in [0.1, 0.15) is 0 Å². The van der Waals surface area contributed by atoms with Gasteiger partial charge in [-0.15, -0.1) is 12.4 Å². The smallest absolute Gasteiger partial charge is 0.303 e. The van der Waals surface area contributed by atoms with Crippen molar-refractivity contribution in [2.75, 3.05) is 0 Å². The quantitative estimate of drug-likeness (QED) is 0.541. The van der Waals surface area contributed by atoms with E-state index < -0.39 is 12.1 Å². The summed E-state index contributed by atoms with van der Waals surface area (Å²) in [6.45, 7) is 0. The molecular weight excluding hydrogens is 170 g/mol. The molecule has 1 fully saturated rings. The molecule has 0 spiro atoms. The summed E-state index contributed by atoms with van der Waals surface area (Å²) in [7, 11) is 0. The minimum atomic E-state index is -0.890. The minimum absolute atomic E-state index is 0. The van der Waals surface area contributed by atoms with Crippen molar-refractivity contribution in [2.45, 2.75) is 25.0 Å². The molecule has 4 N–H and O–H groups in total. The van der Waals surface area contributed by atoms with Crippen molar-refractivity contribution in [1.82, 2.24) is 0 Å². The highest BCUT2D eigenvalue weighted by atomic mass is 35.5. The van der Waals surface area contributed by atoms with E-state index in [0.717, 1.165) is 0 Å². The van der Waals surface area contributed by atoms with Crippen molar-refractivity contribution in [3.63, 3.8) is 0 Å². The first kappa shape index (κ1) is 10.7. The first-order valence-electron chi connectivity index (χ1n) is 3.26. The lowest BCUT2D eigenvalue weighted by Crippen LogP contribution is -2.51. The van der Waals surface area contributed by atoms with Crippen molar-refractivity contribution in [2.24, 2.45) is 11.7 Å². The number of aliphatic hydroxyl groups excluding tert-OH is 1. The van der Waals surface area contributed by atoms with Gasteiger partial charge in [0.05, 0.1) is 12.5 Å². The monoisotopic (exact) mass is 181 g/mol. The molecule has 0 aromatic rings. The van der Waals surface area contributed by atoms with Gasteiger partial charge in [-0.1, -0.05) is 0 Å². The van der Waals surface area contributed by atoms with Gasteiger partial charge in [0.15, 0.2) is 0 Å². The fraction of sp³-hybridized carbons (Fsp3) is 0.833. The number of carboxylic acids is 1. The molecule has 0 radical (unpaired) electrons.